The van der Waals surface area contributed by atoms with Crippen LogP contribution in [0.5, 0.6) is 0 Å². The highest BCUT2D eigenvalue weighted by molar-refractivity contribution is 5.89. The largest absolute Gasteiger partial charge is 0.481 e. The number of piperidine rings is 1. The summed E-state index contributed by atoms with van der Waals surface area (Å²) in [5.74, 6) is -1.57. The first-order valence-electron chi connectivity index (χ1n) is 11.6. The number of carbonyl (C=O) groups is 3. The number of carbonyl (C=O) groups excluding carboxylic acids is 2. The van der Waals surface area contributed by atoms with Crippen LogP contribution in [0.3, 0.4) is 0 Å². The zero-order valence-corrected chi connectivity index (χ0v) is 18.5. The summed E-state index contributed by atoms with van der Waals surface area (Å²) in [6.45, 7) is 1.36. The molecule has 0 bridgehead atoms. The van der Waals surface area contributed by atoms with E-state index in [-0.39, 0.29) is 23.8 Å². The molecular weight excluding hydrogens is 420 g/mol. The molecular formula is C26H28N2O5. The fraction of sp³-hybridized carbons (Fsp3) is 0.423. The Labute approximate surface area is 192 Å². The molecule has 1 aliphatic heterocycles. The fourth-order valence-corrected chi connectivity index (χ4v) is 5.36. The number of benzene rings is 2. The molecule has 1 heterocycles. The fourth-order valence-electron chi connectivity index (χ4n) is 5.36. The van der Waals surface area contributed by atoms with E-state index in [1.807, 2.05) is 36.4 Å². The zero-order chi connectivity index (χ0) is 23.0. The molecule has 0 radical (unpaired) electrons. The van der Waals surface area contributed by atoms with Crippen molar-refractivity contribution >= 4 is 18.0 Å². The predicted molar refractivity (Wildman–Crippen MR) is 122 cm³/mol. The maximum Gasteiger partial charge on any atom is 0.407 e. The van der Waals surface area contributed by atoms with E-state index in [9.17, 15) is 19.5 Å². The SMILES string of the molecule is O=C(O)CC(NC(=O)OCC1c2ccccc2-c2ccccc21)C(=O)N1CCCC2(CC2)C1. The van der Waals surface area contributed by atoms with Crippen molar-refractivity contribution in [3.63, 3.8) is 0 Å². The van der Waals surface area contributed by atoms with Gasteiger partial charge in [0.25, 0.3) is 0 Å². The normalized spacial score (nSPS) is 18.8. The highest BCUT2D eigenvalue weighted by Gasteiger charge is 2.47. The zero-order valence-electron chi connectivity index (χ0n) is 18.5. The van der Waals surface area contributed by atoms with E-state index in [0.717, 1.165) is 47.9 Å². The lowest BCUT2D eigenvalue weighted by molar-refractivity contribution is -0.143. The summed E-state index contributed by atoms with van der Waals surface area (Å²) in [6, 6.07) is 14.9. The summed E-state index contributed by atoms with van der Waals surface area (Å²) in [6.07, 6.45) is 3.01. The van der Waals surface area contributed by atoms with Crippen molar-refractivity contribution in [2.24, 2.45) is 5.41 Å². The van der Waals surface area contributed by atoms with Crippen molar-refractivity contribution < 1.29 is 24.2 Å². The number of hydrogen-bond donors (Lipinski definition) is 2. The molecule has 1 unspecified atom stereocenters. The van der Waals surface area contributed by atoms with Gasteiger partial charge >= 0.3 is 12.1 Å². The van der Waals surface area contributed by atoms with Crippen molar-refractivity contribution in [2.45, 2.75) is 44.1 Å². The summed E-state index contributed by atoms with van der Waals surface area (Å²) in [5, 5.41) is 11.8. The molecule has 1 saturated heterocycles. The molecule has 7 heteroatoms. The average molecular weight is 449 g/mol. The van der Waals surface area contributed by atoms with Crippen LogP contribution >= 0.6 is 0 Å². The van der Waals surface area contributed by atoms with Gasteiger partial charge in [-0.25, -0.2) is 4.79 Å². The summed E-state index contributed by atoms with van der Waals surface area (Å²) in [4.78, 5) is 38.8. The van der Waals surface area contributed by atoms with E-state index in [1.54, 1.807) is 4.90 Å². The predicted octanol–water partition coefficient (Wildman–Crippen LogP) is 3.77. The van der Waals surface area contributed by atoms with Crippen molar-refractivity contribution in [3.8, 4) is 11.1 Å². The number of fused-ring (bicyclic) bond motifs is 3. The number of carboxylic acids is 1. The molecule has 1 spiro atoms. The van der Waals surface area contributed by atoms with Gasteiger partial charge in [0.05, 0.1) is 6.42 Å². The first-order valence-corrected chi connectivity index (χ1v) is 11.6. The third-order valence-electron chi connectivity index (χ3n) is 7.24. The molecule has 2 aliphatic carbocycles. The van der Waals surface area contributed by atoms with Crippen LogP contribution in [0.15, 0.2) is 48.5 Å². The minimum atomic E-state index is -1.13. The van der Waals surface area contributed by atoms with Crippen molar-refractivity contribution in [3.05, 3.63) is 59.7 Å². The summed E-state index contributed by atoms with van der Waals surface area (Å²) >= 11 is 0. The lowest BCUT2D eigenvalue weighted by Crippen LogP contribution is -2.52. The van der Waals surface area contributed by atoms with Crippen molar-refractivity contribution in [1.82, 2.24) is 10.2 Å². The van der Waals surface area contributed by atoms with Gasteiger partial charge in [-0.05, 0) is 53.4 Å². The summed E-state index contributed by atoms with van der Waals surface area (Å²) < 4.78 is 5.53. The lowest BCUT2D eigenvalue weighted by Gasteiger charge is -2.35. The summed E-state index contributed by atoms with van der Waals surface area (Å²) in [5.41, 5.74) is 4.64. The average Bonchev–Trinajstić information content (AvgIpc) is 3.47. The molecule has 5 rings (SSSR count). The topological polar surface area (TPSA) is 95.9 Å². The molecule has 1 saturated carbocycles. The van der Waals surface area contributed by atoms with Gasteiger partial charge < -0.3 is 20.1 Å². The number of alkyl carbamates (subject to hydrolysis) is 1. The second kappa shape index (κ2) is 8.54. The third-order valence-corrected chi connectivity index (χ3v) is 7.24. The quantitative estimate of drug-likeness (QED) is 0.701. The Bertz CT molecular complexity index is 1050. The summed E-state index contributed by atoms with van der Waals surface area (Å²) in [7, 11) is 0. The van der Waals surface area contributed by atoms with Crippen LogP contribution in [0.4, 0.5) is 4.79 Å². The number of carboxylic acid groups (broad SMARTS) is 1. The van der Waals surface area contributed by atoms with Gasteiger partial charge in [-0.1, -0.05) is 48.5 Å². The highest BCUT2D eigenvalue weighted by atomic mass is 16.5. The van der Waals surface area contributed by atoms with Crippen LogP contribution in [-0.4, -0.2) is 53.7 Å². The molecule has 172 valence electrons. The van der Waals surface area contributed by atoms with E-state index in [1.165, 1.54) is 0 Å². The molecule has 2 fully saturated rings. The van der Waals surface area contributed by atoms with Crippen LogP contribution in [0.1, 0.15) is 49.1 Å². The van der Waals surface area contributed by atoms with E-state index < -0.39 is 24.5 Å². The standard InChI is InChI=1S/C26H28N2O5/c29-23(30)14-22(24(31)28-13-5-10-26(16-28)11-12-26)27-25(32)33-15-21-19-8-3-1-6-17(19)18-7-2-4-9-20(18)21/h1-4,6-9,21-22H,5,10-16H2,(H,27,32)(H,29,30). The van der Waals surface area contributed by atoms with Crippen LogP contribution in [-0.2, 0) is 14.3 Å². The minimum absolute atomic E-state index is 0.103. The Balaban J connectivity index is 1.25. The van der Waals surface area contributed by atoms with E-state index in [2.05, 4.69) is 17.4 Å². The Morgan fingerprint density at radius 3 is 2.27 bits per heavy atom. The Morgan fingerprint density at radius 2 is 1.67 bits per heavy atom. The molecule has 0 aromatic heterocycles. The second-order valence-corrected chi connectivity index (χ2v) is 9.48. The van der Waals surface area contributed by atoms with Crippen molar-refractivity contribution in [2.75, 3.05) is 19.7 Å². The van der Waals surface area contributed by atoms with Crippen LogP contribution in [0.2, 0.25) is 0 Å². The van der Waals surface area contributed by atoms with Gasteiger partial charge in [-0.15, -0.1) is 0 Å². The molecule has 1 atom stereocenters. The first kappa shape index (κ1) is 21.5. The van der Waals surface area contributed by atoms with Gasteiger partial charge in [0, 0.05) is 19.0 Å². The van der Waals surface area contributed by atoms with Crippen LogP contribution in [0.25, 0.3) is 11.1 Å². The molecule has 3 aliphatic rings. The number of ether oxygens (including phenoxy) is 1. The van der Waals surface area contributed by atoms with Crippen molar-refractivity contribution in [1.29, 1.82) is 0 Å². The highest BCUT2D eigenvalue weighted by Crippen LogP contribution is 2.52. The molecule has 2 aromatic rings. The smallest absolute Gasteiger partial charge is 0.407 e. The number of hydrogen-bond acceptors (Lipinski definition) is 4. The number of nitrogens with zero attached hydrogens (tertiary/aromatic N) is 1. The Hall–Kier alpha value is -3.35. The maximum absolute atomic E-state index is 13.1. The maximum atomic E-state index is 13.1. The molecule has 2 amide bonds. The van der Waals surface area contributed by atoms with Gasteiger partial charge in [0.2, 0.25) is 5.91 Å². The van der Waals surface area contributed by atoms with Gasteiger partial charge in [0.1, 0.15) is 12.6 Å². The van der Waals surface area contributed by atoms with Gasteiger partial charge in [0.15, 0.2) is 0 Å². The number of rotatable bonds is 6. The first-order chi connectivity index (χ1) is 16.0. The minimum Gasteiger partial charge on any atom is -0.481 e. The molecule has 7 nitrogen and oxygen atoms in total. The number of aliphatic carboxylic acids is 1. The van der Waals surface area contributed by atoms with E-state index in [0.29, 0.717) is 13.1 Å². The number of likely N-dealkylation sites (tertiary alicyclic amines) is 1. The van der Waals surface area contributed by atoms with E-state index >= 15 is 0 Å². The van der Waals surface area contributed by atoms with E-state index in [4.69, 9.17) is 4.74 Å². The van der Waals surface area contributed by atoms with Crippen LogP contribution < -0.4 is 5.32 Å². The Kier molecular flexibility index (Phi) is 5.56. The van der Waals surface area contributed by atoms with Crippen LogP contribution in [0, 0.1) is 5.41 Å². The molecule has 2 N–H and O–H groups in total. The Morgan fingerprint density at radius 1 is 1.03 bits per heavy atom. The molecule has 2 aromatic carbocycles. The number of nitrogens with one attached hydrogen (secondary N) is 1. The molecule has 33 heavy (non-hydrogen) atoms. The number of amides is 2. The van der Waals surface area contributed by atoms with Gasteiger partial charge in [-0.2, -0.15) is 0 Å². The monoisotopic (exact) mass is 448 g/mol. The van der Waals surface area contributed by atoms with Gasteiger partial charge in [-0.3, -0.25) is 9.59 Å². The lowest BCUT2D eigenvalue weighted by atomic mass is 9.94. The third kappa shape index (κ3) is 4.32. The second-order valence-electron chi connectivity index (χ2n) is 9.48.